The predicted molar refractivity (Wildman–Crippen MR) is 137 cm³/mol. The highest BCUT2D eigenvalue weighted by Crippen LogP contribution is 2.32. The number of nitrogens with one attached hydrogen (secondary N) is 1. The molecule has 2 atom stereocenters. The number of carbonyl (C=O) groups is 2. The van der Waals surface area contributed by atoms with Crippen molar-refractivity contribution in [2.24, 2.45) is 0 Å². The van der Waals surface area contributed by atoms with E-state index in [1.807, 2.05) is 13.8 Å². The molecule has 0 aliphatic heterocycles. The fourth-order valence-electron chi connectivity index (χ4n) is 3.68. The Hall–Kier alpha value is -3.15. The van der Waals surface area contributed by atoms with E-state index >= 15 is 0 Å². The molecule has 12 heteroatoms. The summed E-state index contributed by atoms with van der Waals surface area (Å²) in [5, 5.41) is 2.82. The van der Waals surface area contributed by atoms with E-state index in [0.29, 0.717) is 12.0 Å². The van der Waals surface area contributed by atoms with Gasteiger partial charge in [0.05, 0.1) is 17.5 Å². The van der Waals surface area contributed by atoms with Gasteiger partial charge in [0.2, 0.25) is 21.8 Å². The maximum Gasteiger partial charge on any atom is 0.416 e. The summed E-state index contributed by atoms with van der Waals surface area (Å²) < 4.78 is 78.3. The number of nitrogens with zero attached hydrogens (tertiary/aromatic N) is 2. The third kappa shape index (κ3) is 9.00. The van der Waals surface area contributed by atoms with Crippen molar-refractivity contribution in [2.45, 2.75) is 64.8 Å². The molecular weight excluding hydrogens is 526 g/mol. The molecule has 0 saturated heterocycles. The fourth-order valence-corrected chi connectivity index (χ4v) is 4.63. The molecule has 1 N–H and O–H groups in total. The van der Waals surface area contributed by atoms with E-state index in [1.54, 1.807) is 6.92 Å². The smallest absolute Gasteiger partial charge is 0.352 e. The number of benzene rings is 2. The van der Waals surface area contributed by atoms with Crippen molar-refractivity contribution in [3.05, 3.63) is 65.5 Å². The van der Waals surface area contributed by atoms with Crippen LogP contribution in [-0.2, 0) is 32.3 Å². The van der Waals surface area contributed by atoms with Crippen molar-refractivity contribution in [1.82, 2.24) is 10.2 Å². The summed E-state index contributed by atoms with van der Waals surface area (Å²) in [5.41, 5.74) is -0.574. The van der Waals surface area contributed by atoms with E-state index in [-0.39, 0.29) is 43.6 Å². The van der Waals surface area contributed by atoms with Crippen LogP contribution in [0.3, 0.4) is 0 Å². The molecule has 0 bridgehead atoms. The Morgan fingerprint density at radius 3 is 2.24 bits per heavy atom. The average Bonchev–Trinajstić information content (AvgIpc) is 2.84. The minimum atomic E-state index is -4.65. The molecule has 2 aromatic rings. The zero-order chi connectivity index (χ0) is 28.7. The zero-order valence-corrected chi connectivity index (χ0v) is 22.6. The number of halogens is 4. The first-order valence-electron chi connectivity index (χ1n) is 12.1. The molecule has 0 unspecified atom stereocenters. The van der Waals surface area contributed by atoms with Crippen molar-refractivity contribution in [1.29, 1.82) is 0 Å². The number of rotatable bonds is 12. The molecule has 0 aromatic heterocycles. The highest BCUT2D eigenvalue weighted by molar-refractivity contribution is 7.92. The maximum absolute atomic E-state index is 13.4. The average molecular weight is 560 g/mol. The van der Waals surface area contributed by atoms with Crippen LogP contribution >= 0.6 is 0 Å². The molecular formula is C26H33F4N3O4S. The van der Waals surface area contributed by atoms with E-state index in [0.717, 1.165) is 28.8 Å². The quantitative estimate of drug-likeness (QED) is 0.381. The van der Waals surface area contributed by atoms with E-state index in [9.17, 15) is 35.6 Å². The van der Waals surface area contributed by atoms with Crippen molar-refractivity contribution in [3.8, 4) is 0 Å². The van der Waals surface area contributed by atoms with Crippen molar-refractivity contribution in [3.63, 3.8) is 0 Å². The molecule has 210 valence electrons. The van der Waals surface area contributed by atoms with E-state index in [2.05, 4.69) is 5.32 Å². The van der Waals surface area contributed by atoms with Crippen LogP contribution in [-0.4, -0.2) is 50.0 Å². The summed E-state index contributed by atoms with van der Waals surface area (Å²) in [7, 11) is -3.96. The van der Waals surface area contributed by atoms with Crippen LogP contribution in [0.4, 0.5) is 23.2 Å². The molecule has 0 fully saturated rings. The lowest BCUT2D eigenvalue weighted by atomic mass is 10.1. The molecule has 7 nitrogen and oxygen atoms in total. The van der Waals surface area contributed by atoms with Gasteiger partial charge in [-0.2, -0.15) is 13.2 Å². The lowest BCUT2D eigenvalue weighted by Gasteiger charge is -2.30. The summed E-state index contributed by atoms with van der Waals surface area (Å²) in [5.74, 6) is -1.29. The van der Waals surface area contributed by atoms with Gasteiger partial charge in [0.25, 0.3) is 0 Å². The summed E-state index contributed by atoms with van der Waals surface area (Å²) >= 11 is 0. The Bertz CT molecular complexity index is 1200. The van der Waals surface area contributed by atoms with Gasteiger partial charge in [-0.25, -0.2) is 12.8 Å². The largest absolute Gasteiger partial charge is 0.416 e. The van der Waals surface area contributed by atoms with Gasteiger partial charge in [0.1, 0.15) is 11.9 Å². The number of alkyl halides is 3. The van der Waals surface area contributed by atoms with E-state index < -0.39 is 39.5 Å². The number of hydrogen-bond acceptors (Lipinski definition) is 4. The topological polar surface area (TPSA) is 86.8 Å². The van der Waals surface area contributed by atoms with Crippen molar-refractivity contribution < 1.29 is 35.6 Å². The Morgan fingerprint density at radius 2 is 1.68 bits per heavy atom. The Morgan fingerprint density at radius 1 is 1.05 bits per heavy atom. The van der Waals surface area contributed by atoms with Gasteiger partial charge in [-0.15, -0.1) is 0 Å². The van der Waals surface area contributed by atoms with Crippen LogP contribution in [0.5, 0.6) is 0 Å². The Kier molecular flexibility index (Phi) is 10.7. The number of amides is 2. The first-order valence-corrected chi connectivity index (χ1v) is 14.0. The lowest BCUT2D eigenvalue weighted by molar-refractivity contribution is -0.140. The number of hydrogen-bond donors (Lipinski definition) is 1. The SMILES string of the molecule is CC[C@H](C)NC(=O)[C@@H](C)N(Cc1ccc(F)cc1)C(=O)CCCN(c1cccc(C(F)(F)F)c1)S(C)(=O)=O. The molecule has 0 heterocycles. The Balaban J connectivity index is 2.21. The molecule has 2 aromatic carbocycles. The van der Waals surface area contributed by atoms with Gasteiger partial charge < -0.3 is 10.2 Å². The number of carbonyl (C=O) groups excluding carboxylic acids is 2. The van der Waals surface area contributed by atoms with Crippen molar-refractivity contribution in [2.75, 3.05) is 17.1 Å². The van der Waals surface area contributed by atoms with Crippen LogP contribution in [0.15, 0.2) is 48.5 Å². The first kappa shape index (κ1) is 31.1. The molecule has 2 amide bonds. The molecule has 0 radical (unpaired) electrons. The van der Waals surface area contributed by atoms with Gasteiger partial charge in [0.15, 0.2) is 0 Å². The summed E-state index contributed by atoms with van der Waals surface area (Å²) in [4.78, 5) is 27.3. The van der Waals surface area contributed by atoms with Crippen LogP contribution < -0.4 is 9.62 Å². The molecule has 0 aliphatic rings. The van der Waals surface area contributed by atoms with Gasteiger partial charge in [-0.3, -0.25) is 13.9 Å². The molecule has 2 rings (SSSR count). The second-order valence-corrected chi connectivity index (χ2v) is 11.0. The second kappa shape index (κ2) is 13.1. The highest BCUT2D eigenvalue weighted by Gasteiger charge is 2.32. The van der Waals surface area contributed by atoms with Gasteiger partial charge >= 0.3 is 6.18 Å². The first-order chi connectivity index (χ1) is 17.6. The van der Waals surface area contributed by atoms with E-state index in [4.69, 9.17) is 0 Å². The van der Waals surface area contributed by atoms with E-state index in [1.165, 1.54) is 35.2 Å². The third-order valence-corrected chi connectivity index (χ3v) is 7.24. The predicted octanol–water partition coefficient (Wildman–Crippen LogP) is 4.72. The zero-order valence-electron chi connectivity index (χ0n) is 21.8. The standard InChI is InChI=1S/C26H33F4N3O4S/c1-5-18(2)31-25(35)19(3)32(17-20-11-13-22(27)14-12-20)24(34)10-7-15-33(38(4,36)37)23-9-6-8-21(16-23)26(28,29)30/h6,8-9,11-14,16,18-19H,5,7,10,15,17H2,1-4H3,(H,31,35)/t18-,19+/m0/s1. The lowest BCUT2D eigenvalue weighted by Crippen LogP contribution is -2.49. The minimum absolute atomic E-state index is 0.0115. The van der Waals surface area contributed by atoms with Gasteiger partial charge in [-0.05, 0) is 62.6 Å². The fraction of sp³-hybridized carbons (Fsp3) is 0.462. The van der Waals surface area contributed by atoms with Gasteiger partial charge in [-0.1, -0.05) is 25.1 Å². The maximum atomic E-state index is 13.4. The van der Waals surface area contributed by atoms with Crippen LogP contribution in [0.1, 0.15) is 51.2 Å². The monoisotopic (exact) mass is 559 g/mol. The van der Waals surface area contributed by atoms with Crippen LogP contribution in [0.25, 0.3) is 0 Å². The molecule has 0 aliphatic carbocycles. The Labute approximate surface area is 220 Å². The minimum Gasteiger partial charge on any atom is -0.352 e. The molecule has 0 saturated carbocycles. The second-order valence-electron chi connectivity index (χ2n) is 9.13. The third-order valence-electron chi connectivity index (χ3n) is 6.05. The summed E-state index contributed by atoms with van der Waals surface area (Å²) in [6.07, 6.45) is -3.28. The van der Waals surface area contributed by atoms with Crippen LogP contribution in [0.2, 0.25) is 0 Å². The highest BCUT2D eigenvalue weighted by atomic mass is 32.2. The normalized spacial score (nSPS) is 13.5. The summed E-state index contributed by atoms with van der Waals surface area (Å²) in [6, 6.07) is 8.41. The van der Waals surface area contributed by atoms with Crippen molar-refractivity contribution >= 4 is 27.5 Å². The number of sulfonamides is 1. The van der Waals surface area contributed by atoms with Crippen LogP contribution in [0, 0.1) is 5.82 Å². The van der Waals surface area contributed by atoms with Gasteiger partial charge in [0, 0.05) is 25.6 Å². The number of anilines is 1. The summed E-state index contributed by atoms with van der Waals surface area (Å²) in [6.45, 7) is 5.05. The molecule has 0 spiro atoms. The molecule has 38 heavy (non-hydrogen) atoms.